The Kier molecular flexibility index (Phi) is 2.35. The molecule has 1 nitrogen and oxygen atoms in total. The van der Waals surface area contributed by atoms with Gasteiger partial charge in [-0.15, -0.1) is 0 Å². The van der Waals surface area contributed by atoms with Crippen LogP contribution in [0.25, 0.3) is 0 Å². The minimum absolute atomic E-state index is 0.586. The zero-order valence-corrected chi connectivity index (χ0v) is 7.90. The molecular weight excluding hydrogens is 158 g/mol. The van der Waals surface area contributed by atoms with Gasteiger partial charge >= 0.3 is 0 Å². The third-order valence-electron chi connectivity index (χ3n) is 2.66. The Morgan fingerprint density at radius 1 is 1.23 bits per heavy atom. The van der Waals surface area contributed by atoms with E-state index < -0.39 is 0 Å². The molecule has 2 unspecified atom stereocenters. The molecule has 0 aromatic heterocycles. The Balaban J connectivity index is 2.25. The van der Waals surface area contributed by atoms with E-state index in [4.69, 9.17) is 0 Å². The SMILES string of the molecule is CC1CNC=CC1c1ccccc1. The van der Waals surface area contributed by atoms with Crippen molar-refractivity contribution in [1.82, 2.24) is 5.32 Å². The van der Waals surface area contributed by atoms with E-state index in [9.17, 15) is 0 Å². The number of hydrogen-bond donors (Lipinski definition) is 1. The van der Waals surface area contributed by atoms with Crippen LogP contribution >= 0.6 is 0 Å². The summed E-state index contributed by atoms with van der Waals surface area (Å²) in [6, 6.07) is 10.7. The van der Waals surface area contributed by atoms with Crippen LogP contribution in [0, 0.1) is 5.92 Å². The van der Waals surface area contributed by atoms with E-state index in [2.05, 4.69) is 54.8 Å². The van der Waals surface area contributed by atoms with Gasteiger partial charge in [0.1, 0.15) is 0 Å². The second-order valence-electron chi connectivity index (χ2n) is 3.68. The van der Waals surface area contributed by atoms with Crippen LogP contribution in [0.4, 0.5) is 0 Å². The van der Waals surface area contributed by atoms with Crippen molar-refractivity contribution < 1.29 is 0 Å². The standard InChI is InChI=1S/C12H15N/c1-10-9-13-8-7-12(10)11-5-3-2-4-6-11/h2-8,10,12-13H,9H2,1H3. The lowest BCUT2D eigenvalue weighted by atomic mass is 9.86. The van der Waals surface area contributed by atoms with Crippen molar-refractivity contribution in [2.24, 2.45) is 5.92 Å². The lowest BCUT2D eigenvalue weighted by molar-refractivity contribution is 0.482. The quantitative estimate of drug-likeness (QED) is 0.688. The summed E-state index contributed by atoms with van der Waals surface area (Å²) in [6.45, 7) is 3.37. The molecule has 1 aromatic rings. The molecular formula is C12H15N. The summed E-state index contributed by atoms with van der Waals surface area (Å²) in [5.74, 6) is 1.27. The maximum absolute atomic E-state index is 3.25. The van der Waals surface area contributed by atoms with Crippen LogP contribution in [-0.2, 0) is 0 Å². The van der Waals surface area contributed by atoms with Crippen LogP contribution in [0.1, 0.15) is 18.4 Å². The lowest BCUT2D eigenvalue weighted by Gasteiger charge is -2.25. The van der Waals surface area contributed by atoms with Crippen LogP contribution in [0.3, 0.4) is 0 Å². The summed E-state index contributed by atoms with van der Waals surface area (Å²) < 4.78 is 0. The Hall–Kier alpha value is -1.24. The van der Waals surface area contributed by atoms with Crippen molar-refractivity contribution >= 4 is 0 Å². The molecule has 2 rings (SSSR count). The van der Waals surface area contributed by atoms with Gasteiger partial charge in [-0.1, -0.05) is 43.3 Å². The largest absolute Gasteiger partial charge is 0.391 e. The third kappa shape index (κ3) is 1.74. The van der Waals surface area contributed by atoms with Crippen LogP contribution in [-0.4, -0.2) is 6.54 Å². The topological polar surface area (TPSA) is 12.0 Å². The van der Waals surface area contributed by atoms with Gasteiger partial charge < -0.3 is 5.32 Å². The maximum atomic E-state index is 3.25. The van der Waals surface area contributed by atoms with Crippen molar-refractivity contribution in [2.45, 2.75) is 12.8 Å². The Morgan fingerprint density at radius 2 is 2.00 bits per heavy atom. The number of benzene rings is 1. The van der Waals surface area contributed by atoms with Crippen molar-refractivity contribution in [1.29, 1.82) is 0 Å². The number of rotatable bonds is 1. The van der Waals surface area contributed by atoms with Gasteiger partial charge in [0.05, 0.1) is 0 Å². The molecule has 0 saturated heterocycles. The first kappa shape index (κ1) is 8.36. The first-order valence-electron chi connectivity index (χ1n) is 4.83. The molecule has 0 aliphatic carbocycles. The number of hydrogen-bond acceptors (Lipinski definition) is 1. The van der Waals surface area contributed by atoms with Crippen LogP contribution in [0.5, 0.6) is 0 Å². The Labute approximate surface area is 79.5 Å². The zero-order valence-electron chi connectivity index (χ0n) is 7.90. The van der Waals surface area contributed by atoms with Crippen LogP contribution < -0.4 is 5.32 Å². The molecule has 1 aliphatic heterocycles. The van der Waals surface area contributed by atoms with Crippen molar-refractivity contribution in [3.8, 4) is 0 Å². The van der Waals surface area contributed by atoms with Crippen molar-refractivity contribution in [2.75, 3.05) is 6.54 Å². The molecule has 68 valence electrons. The van der Waals surface area contributed by atoms with Gasteiger partial charge in [0.15, 0.2) is 0 Å². The van der Waals surface area contributed by atoms with E-state index in [1.54, 1.807) is 0 Å². The lowest BCUT2D eigenvalue weighted by Crippen LogP contribution is -2.25. The monoisotopic (exact) mass is 173 g/mol. The molecule has 0 fully saturated rings. The fraction of sp³-hybridized carbons (Fsp3) is 0.333. The second kappa shape index (κ2) is 3.65. The summed E-state index contributed by atoms with van der Waals surface area (Å²) in [6.07, 6.45) is 4.32. The highest BCUT2D eigenvalue weighted by Crippen LogP contribution is 2.27. The van der Waals surface area contributed by atoms with Gasteiger partial charge in [-0.3, -0.25) is 0 Å². The molecule has 1 N–H and O–H groups in total. The number of allylic oxidation sites excluding steroid dienone is 1. The molecule has 1 heteroatoms. The number of nitrogens with one attached hydrogen (secondary N) is 1. The molecule has 1 aliphatic rings. The van der Waals surface area contributed by atoms with Gasteiger partial charge in [-0.25, -0.2) is 0 Å². The van der Waals surface area contributed by atoms with E-state index in [1.807, 2.05) is 0 Å². The zero-order chi connectivity index (χ0) is 9.10. The fourth-order valence-electron chi connectivity index (χ4n) is 1.86. The first-order chi connectivity index (χ1) is 6.38. The predicted molar refractivity (Wildman–Crippen MR) is 55.5 cm³/mol. The van der Waals surface area contributed by atoms with E-state index in [1.165, 1.54) is 5.56 Å². The van der Waals surface area contributed by atoms with Crippen molar-refractivity contribution in [3.05, 3.63) is 48.2 Å². The van der Waals surface area contributed by atoms with E-state index in [0.717, 1.165) is 6.54 Å². The molecule has 0 saturated carbocycles. The summed E-state index contributed by atoms with van der Waals surface area (Å²) in [5, 5.41) is 3.25. The highest BCUT2D eigenvalue weighted by Gasteiger charge is 2.18. The highest BCUT2D eigenvalue weighted by atomic mass is 14.8. The van der Waals surface area contributed by atoms with E-state index >= 15 is 0 Å². The molecule has 2 atom stereocenters. The average Bonchev–Trinajstić information content (AvgIpc) is 2.20. The molecule has 1 aromatic carbocycles. The fourth-order valence-corrected chi connectivity index (χ4v) is 1.86. The summed E-state index contributed by atoms with van der Waals surface area (Å²) in [7, 11) is 0. The summed E-state index contributed by atoms with van der Waals surface area (Å²) >= 11 is 0. The smallest absolute Gasteiger partial charge is 0.0175 e. The molecule has 1 heterocycles. The minimum atomic E-state index is 0.586. The molecule has 0 radical (unpaired) electrons. The van der Waals surface area contributed by atoms with Gasteiger partial charge in [0, 0.05) is 12.5 Å². The second-order valence-corrected chi connectivity index (χ2v) is 3.68. The highest BCUT2D eigenvalue weighted by molar-refractivity contribution is 5.25. The van der Waals surface area contributed by atoms with Gasteiger partial charge in [-0.2, -0.15) is 0 Å². The minimum Gasteiger partial charge on any atom is -0.391 e. The Morgan fingerprint density at radius 3 is 2.69 bits per heavy atom. The van der Waals surface area contributed by atoms with E-state index in [-0.39, 0.29) is 0 Å². The molecule has 0 amide bonds. The Bertz CT molecular complexity index is 289. The van der Waals surface area contributed by atoms with Crippen molar-refractivity contribution in [3.63, 3.8) is 0 Å². The van der Waals surface area contributed by atoms with Crippen LogP contribution in [0.2, 0.25) is 0 Å². The summed E-state index contributed by atoms with van der Waals surface area (Å²) in [5.41, 5.74) is 1.42. The maximum Gasteiger partial charge on any atom is 0.0175 e. The first-order valence-corrected chi connectivity index (χ1v) is 4.83. The third-order valence-corrected chi connectivity index (χ3v) is 2.66. The molecule has 13 heavy (non-hydrogen) atoms. The summed E-state index contributed by atoms with van der Waals surface area (Å²) in [4.78, 5) is 0. The molecule has 0 spiro atoms. The molecule has 0 bridgehead atoms. The van der Waals surface area contributed by atoms with Gasteiger partial charge in [0.2, 0.25) is 0 Å². The predicted octanol–water partition coefficient (Wildman–Crippen LogP) is 2.52. The normalized spacial score (nSPS) is 26.8. The van der Waals surface area contributed by atoms with E-state index in [0.29, 0.717) is 11.8 Å². The van der Waals surface area contributed by atoms with Crippen LogP contribution in [0.15, 0.2) is 42.6 Å². The average molecular weight is 173 g/mol. The van der Waals surface area contributed by atoms with Gasteiger partial charge in [-0.05, 0) is 17.7 Å². The van der Waals surface area contributed by atoms with Gasteiger partial charge in [0.25, 0.3) is 0 Å².